The van der Waals surface area contributed by atoms with Crippen molar-refractivity contribution in [2.24, 2.45) is 0 Å². The highest BCUT2D eigenvalue weighted by Gasteiger charge is 2.04. The number of anilines is 1. The first-order valence-corrected chi connectivity index (χ1v) is 4.33. The van der Waals surface area contributed by atoms with Crippen LogP contribution in [0.25, 0.3) is 0 Å². The van der Waals surface area contributed by atoms with Gasteiger partial charge in [-0.3, -0.25) is 0 Å². The van der Waals surface area contributed by atoms with Crippen molar-refractivity contribution >= 4 is 17.3 Å². The quantitative estimate of drug-likeness (QED) is 0.738. The van der Waals surface area contributed by atoms with Gasteiger partial charge in [0.1, 0.15) is 11.2 Å². The van der Waals surface area contributed by atoms with E-state index in [9.17, 15) is 0 Å². The van der Waals surface area contributed by atoms with Gasteiger partial charge in [0.2, 0.25) is 0 Å². The van der Waals surface area contributed by atoms with Gasteiger partial charge in [-0.2, -0.15) is 5.26 Å². The Morgan fingerprint density at radius 3 is 2.85 bits per heavy atom. The van der Waals surface area contributed by atoms with Crippen LogP contribution in [0.5, 0.6) is 0 Å². The molecule has 0 aliphatic carbocycles. The largest absolute Gasteiger partial charge is 0.382 e. The van der Waals surface area contributed by atoms with Crippen molar-refractivity contribution in [3.8, 4) is 6.07 Å². The average Bonchev–Trinajstić information content (AvgIpc) is 2.03. The van der Waals surface area contributed by atoms with Crippen molar-refractivity contribution in [1.82, 2.24) is 4.98 Å². The Morgan fingerprint density at radius 2 is 2.31 bits per heavy atom. The highest BCUT2D eigenvalue weighted by Crippen LogP contribution is 2.18. The summed E-state index contributed by atoms with van der Waals surface area (Å²) in [6, 6.07) is 3.97. The van der Waals surface area contributed by atoms with Gasteiger partial charge in [0.05, 0.1) is 11.3 Å². The molecule has 0 saturated heterocycles. The second-order valence-electron chi connectivity index (χ2n) is 2.96. The predicted octanol–water partition coefficient (Wildman–Crippen LogP) is 2.43. The zero-order chi connectivity index (χ0) is 9.84. The minimum atomic E-state index is 0.269. The molecule has 0 amide bonds. The van der Waals surface area contributed by atoms with Crippen LogP contribution in [-0.2, 0) is 0 Å². The summed E-state index contributed by atoms with van der Waals surface area (Å²) in [7, 11) is 0. The third-order valence-corrected chi connectivity index (χ3v) is 1.64. The molecule has 0 aliphatic rings. The summed E-state index contributed by atoms with van der Waals surface area (Å²) in [5.74, 6) is 0. The fraction of sp³-hybridized carbons (Fsp3) is 0.333. The van der Waals surface area contributed by atoms with Crippen LogP contribution in [0.1, 0.15) is 19.4 Å². The zero-order valence-electron chi connectivity index (χ0n) is 7.50. The van der Waals surface area contributed by atoms with Crippen LogP contribution in [0.2, 0.25) is 5.15 Å². The Hall–Kier alpha value is -1.27. The summed E-state index contributed by atoms with van der Waals surface area (Å²) in [6.07, 6.45) is 1.47. The van der Waals surface area contributed by atoms with Gasteiger partial charge in [-0.1, -0.05) is 11.6 Å². The van der Waals surface area contributed by atoms with E-state index in [0.29, 0.717) is 10.7 Å². The molecule has 0 aliphatic heterocycles. The fourth-order valence-electron chi connectivity index (χ4n) is 0.949. The maximum atomic E-state index is 8.75. The molecule has 1 N–H and O–H groups in total. The monoisotopic (exact) mass is 195 g/mol. The molecule has 3 nitrogen and oxygen atoms in total. The minimum absolute atomic E-state index is 0.269. The van der Waals surface area contributed by atoms with Crippen molar-refractivity contribution in [1.29, 1.82) is 5.26 Å². The minimum Gasteiger partial charge on any atom is -0.382 e. The van der Waals surface area contributed by atoms with Gasteiger partial charge in [-0.15, -0.1) is 0 Å². The normalized spacial score (nSPS) is 9.77. The van der Waals surface area contributed by atoms with Crippen molar-refractivity contribution < 1.29 is 0 Å². The molecule has 0 fully saturated rings. The number of aromatic nitrogens is 1. The molecule has 0 spiro atoms. The van der Waals surface area contributed by atoms with Crippen LogP contribution in [0, 0.1) is 11.3 Å². The highest BCUT2D eigenvalue weighted by atomic mass is 35.5. The number of hydrogen-bond acceptors (Lipinski definition) is 3. The molecule has 0 unspecified atom stereocenters. The molecule has 68 valence electrons. The van der Waals surface area contributed by atoms with E-state index in [-0.39, 0.29) is 6.04 Å². The Balaban J connectivity index is 3.03. The van der Waals surface area contributed by atoms with E-state index < -0.39 is 0 Å². The third kappa shape index (κ3) is 2.60. The maximum absolute atomic E-state index is 8.75. The van der Waals surface area contributed by atoms with Gasteiger partial charge in [-0.25, -0.2) is 4.98 Å². The summed E-state index contributed by atoms with van der Waals surface area (Å²) in [5, 5.41) is 12.3. The SMILES string of the molecule is CC(C)Nc1cc(Cl)ncc1C#N. The van der Waals surface area contributed by atoms with Crippen LogP contribution in [-0.4, -0.2) is 11.0 Å². The summed E-state index contributed by atoms with van der Waals surface area (Å²) in [5.41, 5.74) is 1.25. The summed E-state index contributed by atoms with van der Waals surface area (Å²) < 4.78 is 0. The number of hydrogen-bond donors (Lipinski definition) is 1. The van der Waals surface area contributed by atoms with Gasteiger partial charge in [0.15, 0.2) is 0 Å². The topological polar surface area (TPSA) is 48.7 Å². The van der Waals surface area contributed by atoms with Gasteiger partial charge >= 0.3 is 0 Å². The summed E-state index contributed by atoms with van der Waals surface area (Å²) in [6.45, 7) is 3.99. The number of rotatable bonds is 2. The summed E-state index contributed by atoms with van der Waals surface area (Å²) in [4.78, 5) is 3.82. The average molecular weight is 196 g/mol. The molecular formula is C9H10ClN3. The number of halogens is 1. The molecule has 1 heterocycles. The number of pyridine rings is 1. The molecule has 0 aromatic carbocycles. The maximum Gasteiger partial charge on any atom is 0.131 e. The molecule has 1 aromatic rings. The number of nitrogens with zero attached hydrogens (tertiary/aromatic N) is 2. The number of nitrogens with one attached hydrogen (secondary N) is 1. The summed E-state index contributed by atoms with van der Waals surface area (Å²) >= 11 is 5.70. The van der Waals surface area contributed by atoms with E-state index in [1.54, 1.807) is 6.07 Å². The molecule has 0 radical (unpaired) electrons. The molecule has 0 bridgehead atoms. The Morgan fingerprint density at radius 1 is 1.62 bits per heavy atom. The van der Waals surface area contributed by atoms with Gasteiger partial charge in [-0.05, 0) is 19.9 Å². The molecule has 1 rings (SSSR count). The van der Waals surface area contributed by atoms with Crippen LogP contribution in [0.4, 0.5) is 5.69 Å². The molecule has 4 heteroatoms. The lowest BCUT2D eigenvalue weighted by molar-refractivity contribution is 0.898. The second kappa shape index (κ2) is 4.11. The zero-order valence-corrected chi connectivity index (χ0v) is 8.26. The first-order valence-electron chi connectivity index (χ1n) is 3.95. The molecule has 1 aromatic heterocycles. The van der Waals surface area contributed by atoms with E-state index in [1.165, 1.54) is 6.20 Å². The van der Waals surface area contributed by atoms with Gasteiger partial charge < -0.3 is 5.32 Å². The molecule has 13 heavy (non-hydrogen) atoms. The Kier molecular flexibility index (Phi) is 3.10. The van der Waals surface area contributed by atoms with Crippen molar-refractivity contribution in [2.45, 2.75) is 19.9 Å². The van der Waals surface area contributed by atoms with Gasteiger partial charge in [0, 0.05) is 12.2 Å². The Bertz CT molecular complexity index is 341. The van der Waals surface area contributed by atoms with Crippen molar-refractivity contribution in [3.63, 3.8) is 0 Å². The predicted molar refractivity (Wildman–Crippen MR) is 52.7 cm³/mol. The third-order valence-electron chi connectivity index (χ3n) is 1.44. The van der Waals surface area contributed by atoms with E-state index >= 15 is 0 Å². The lowest BCUT2D eigenvalue weighted by atomic mass is 10.2. The van der Waals surface area contributed by atoms with Gasteiger partial charge in [0.25, 0.3) is 0 Å². The Labute approximate surface area is 82.4 Å². The van der Waals surface area contributed by atoms with E-state index in [0.717, 1.165) is 5.69 Å². The fourth-order valence-corrected chi connectivity index (χ4v) is 1.11. The van der Waals surface area contributed by atoms with Crippen LogP contribution in [0.15, 0.2) is 12.3 Å². The highest BCUT2D eigenvalue weighted by molar-refractivity contribution is 6.29. The molecule has 0 atom stereocenters. The first kappa shape index (κ1) is 9.82. The van der Waals surface area contributed by atoms with Crippen LogP contribution in [0.3, 0.4) is 0 Å². The van der Waals surface area contributed by atoms with E-state index in [1.807, 2.05) is 19.9 Å². The van der Waals surface area contributed by atoms with Crippen molar-refractivity contribution in [2.75, 3.05) is 5.32 Å². The van der Waals surface area contributed by atoms with E-state index in [2.05, 4.69) is 10.3 Å². The first-order chi connectivity index (χ1) is 6.13. The van der Waals surface area contributed by atoms with Crippen LogP contribution >= 0.6 is 11.6 Å². The molecular weight excluding hydrogens is 186 g/mol. The van der Waals surface area contributed by atoms with E-state index in [4.69, 9.17) is 16.9 Å². The van der Waals surface area contributed by atoms with Crippen LogP contribution < -0.4 is 5.32 Å². The molecule has 0 saturated carbocycles. The van der Waals surface area contributed by atoms with Crippen molar-refractivity contribution in [3.05, 3.63) is 23.0 Å². The standard InChI is InChI=1S/C9H10ClN3/c1-6(2)13-8-3-9(10)12-5-7(8)4-11/h3,5-6H,1-2H3,(H,12,13). The second-order valence-corrected chi connectivity index (χ2v) is 3.35. The smallest absolute Gasteiger partial charge is 0.131 e. The number of nitriles is 1. The lowest BCUT2D eigenvalue weighted by Crippen LogP contribution is -2.11. The lowest BCUT2D eigenvalue weighted by Gasteiger charge is -2.10.